The number of allylic oxidation sites excluding steroid dienone is 15. The number of hydrogen-bond donors (Lipinski definition) is 3. The molecule has 0 bridgehead atoms. The Morgan fingerprint density at radius 1 is 0.500 bits per heavy atom. The van der Waals surface area contributed by atoms with Gasteiger partial charge in [0.15, 0.2) is 0 Å². The number of nitrogens with one attached hydrogen (secondary N) is 1. The van der Waals surface area contributed by atoms with E-state index in [1.807, 2.05) is 6.08 Å². The molecule has 6 nitrogen and oxygen atoms in total. The number of ether oxygens (including phenoxy) is 1. The first-order chi connectivity index (χ1) is 30.5. The van der Waals surface area contributed by atoms with Gasteiger partial charge in [0.05, 0.1) is 25.2 Å². The maximum Gasteiger partial charge on any atom is 0.306 e. The van der Waals surface area contributed by atoms with Crippen LogP contribution in [0, 0.1) is 0 Å². The fourth-order valence-electron chi connectivity index (χ4n) is 7.11. The second-order valence-electron chi connectivity index (χ2n) is 16.8. The van der Waals surface area contributed by atoms with E-state index in [9.17, 15) is 19.8 Å². The van der Waals surface area contributed by atoms with Crippen LogP contribution in [0.2, 0.25) is 0 Å². The van der Waals surface area contributed by atoms with Crippen molar-refractivity contribution in [3.05, 3.63) is 97.2 Å². The summed E-state index contributed by atoms with van der Waals surface area (Å²) in [7, 11) is 0. The lowest BCUT2D eigenvalue weighted by Gasteiger charge is -2.23. The van der Waals surface area contributed by atoms with Crippen molar-refractivity contribution in [2.45, 2.75) is 238 Å². The predicted molar refractivity (Wildman–Crippen MR) is 268 cm³/mol. The summed E-state index contributed by atoms with van der Waals surface area (Å²) in [5.74, 6) is -0.661. The number of esters is 1. The fraction of sp³-hybridized carbons (Fsp3) is 0.679. The molecule has 0 fully saturated rings. The zero-order valence-electron chi connectivity index (χ0n) is 40.2. The first-order valence-electron chi connectivity index (χ1n) is 25.5. The van der Waals surface area contributed by atoms with Gasteiger partial charge < -0.3 is 20.3 Å². The van der Waals surface area contributed by atoms with Crippen LogP contribution in [0.1, 0.15) is 220 Å². The average Bonchev–Trinajstić information content (AvgIpc) is 3.26. The number of carbonyl (C=O) groups is 2. The van der Waals surface area contributed by atoms with E-state index in [2.05, 4.69) is 111 Å². The van der Waals surface area contributed by atoms with Crippen molar-refractivity contribution in [2.75, 3.05) is 6.61 Å². The second-order valence-corrected chi connectivity index (χ2v) is 16.8. The van der Waals surface area contributed by atoms with E-state index in [-0.39, 0.29) is 24.9 Å². The van der Waals surface area contributed by atoms with Crippen LogP contribution in [-0.4, -0.2) is 46.9 Å². The second kappa shape index (κ2) is 48.8. The molecule has 0 aliphatic heterocycles. The third-order valence-electron chi connectivity index (χ3n) is 10.9. The van der Waals surface area contributed by atoms with Crippen molar-refractivity contribution in [3.63, 3.8) is 0 Å². The molecule has 62 heavy (non-hydrogen) atoms. The predicted octanol–water partition coefficient (Wildman–Crippen LogP) is 15.3. The summed E-state index contributed by atoms with van der Waals surface area (Å²) in [5, 5.41) is 23.7. The number of unbranched alkanes of at least 4 members (excludes halogenated alkanes) is 18. The van der Waals surface area contributed by atoms with Crippen LogP contribution in [0.3, 0.4) is 0 Å². The smallest absolute Gasteiger partial charge is 0.306 e. The highest BCUT2D eigenvalue weighted by atomic mass is 16.5. The van der Waals surface area contributed by atoms with Crippen LogP contribution in [0.25, 0.3) is 0 Å². The van der Waals surface area contributed by atoms with Gasteiger partial charge in [0.2, 0.25) is 5.91 Å². The monoisotopic (exact) mass is 862 g/mol. The summed E-state index contributed by atoms with van der Waals surface area (Å²) in [5.41, 5.74) is 0. The van der Waals surface area contributed by atoms with Crippen LogP contribution in [0.5, 0.6) is 0 Å². The topological polar surface area (TPSA) is 95.9 Å². The van der Waals surface area contributed by atoms with Gasteiger partial charge in [0.25, 0.3) is 0 Å². The molecule has 6 heteroatoms. The Balaban J connectivity index is 4.75. The minimum atomic E-state index is -0.828. The van der Waals surface area contributed by atoms with Crippen LogP contribution < -0.4 is 5.32 Å². The molecule has 0 saturated heterocycles. The molecular formula is C56H95NO5. The Morgan fingerprint density at radius 2 is 0.903 bits per heavy atom. The van der Waals surface area contributed by atoms with Gasteiger partial charge in [-0.25, -0.2) is 0 Å². The molecule has 0 heterocycles. The summed E-state index contributed by atoms with van der Waals surface area (Å²) in [6, 6.07) is -0.752. The molecule has 0 aromatic carbocycles. The maximum atomic E-state index is 13.2. The zero-order valence-corrected chi connectivity index (χ0v) is 40.2. The highest BCUT2D eigenvalue weighted by Crippen LogP contribution is 2.16. The van der Waals surface area contributed by atoms with E-state index in [4.69, 9.17) is 4.74 Å². The first-order valence-corrected chi connectivity index (χ1v) is 25.5. The molecule has 0 radical (unpaired) electrons. The van der Waals surface area contributed by atoms with Gasteiger partial charge in [-0.1, -0.05) is 221 Å². The third-order valence-corrected chi connectivity index (χ3v) is 10.9. The molecule has 3 atom stereocenters. The van der Waals surface area contributed by atoms with Crippen LogP contribution in [-0.2, 0) is 14.3 Å². The number of aliphatic hydroxyl groups is 2. The van der Waals surface area contributed by atoms with Gasteiger partial charge in [-0.3, -0.25) is 9.59 Å². The van der Waals surface area contributed by atoms with Crippen molar-refractivity contribution < 1.29 is 24.5 Å². The Morgan fingerprint density at radius 3 is 1.37 bits per heavy atom. The molecule has 3 unspecified atom stereocenters. The number of rotatable bonds is 44. The Kier molecular flexibility index (Phi) is 46.3. The molecule has 1 amide bonds. The van der Waals surface area contributed by atoms with Gasteiger partial charge in [-0.2, -0.15) is 0 Å². The number of carbonyl (C=O) groups excluding carboxylic acids is 2. The molecule has 0 aromatic rings. The van der Waals surface area contributed by atoms with Gasteiger partial charge >= 0.3 is 5.97 Å². The van der Waals surface area contributed by atoms with Gasteiger partial charge in [0.1, 0.15) is 6.10 Å². The van der Waals surface area contributed by atoms with Gasteiger partial charge in [-0.05, 0) is 83.1 Å². The Hall–Kier alpha value is -3.22. The molecule has 0 aromatic heterocycles. The van der Waals surface area contributed by atoms with Crippen LogP contribution in [0.15, 0.2) is 97.2 Å². The zero-order chi connectivity index (χ0) is 45.2. The van der Waals surface area contributed by atoms with E-state index >= 15 is 0 Å². The first kappa shape index (κ1) is 58.8. The lowest BCUT2D eigenvalue weighted by atomic mass is 10.0. The highest BCUT2D eigenvalue weighted by Gasteiger charge is 2.23. The Labute approximate surface area is 382 Å². The standard InChI is InChI=1S/C56H95NO5/c1-4-7-10-13-16-19-22-25-28-30-33-36-39-42-45-48-54(59)53(51-58)57-55(60)50-52(47-44-41-38-35-32-29-26-23-20-17-14-11-8-5-2)62-56(61)49-46-43-40-37-34-31-27-24-21-18-15-12-9-6-3/h8-9,11-12,17-18,20-21,26-27,29,31,35,38,44,47,52-54,58-59H,4-7,10,13-16,19,22-25,28,30,32-34,36-37,39-43,45-46,48-51H2,1-3H3,(H,57,60)/b11-8+,12-9+,20-17+,21-18+,29-26+,31-27+,38-35+,47-44+. The minimum absolute atomic E-state index is 0.0599. The molecule has 0 saturated carbocycles. The fourth-order valence-corrected chi connectivity index (χ4v) is 7.11. The maximum absolute atomic E-state index is 13.2. The Bertz CT molecular complexity index is 1240. The van der Waals surface area contributed by atoms with E-state index in [1.165, 1.54) is 77.0 Å². The highest BCUT2D eigenvalue weighted by molar-refractivity contribution is 5.78. The summed E-state index contributed by atoms with van der Waals surface area (Å²) < 4.78 is 5.80. The van der Waals surface area contributed by atoms with E-state index in [1.54, 1.807) is 6.08 Å². The van der Waals surface area contributed by atoms with E-state index < -0.39 is 18.2 Å². The van der Waals surface area contributed by atoms with E-state index in [0.717, 1.165) is 96.3 Å². The lowest BCUT2D eigenvalue weighted by Crippen LogP contribution is -2.46. The molecule has 0 aliphatic rings. The van der Waals surface area contributed by atoms with Crippen LogP contribution in [0.4, 0.5) is 0 Å². The summed E-state index contributed by atoms with van der Waals surface area (Å²) in [6.07, 6.45) is 65.0. The van der Waals surface area contributed by atoms with Crippen LogP contribution >= 0.6 is 0 Å². The normalized spacial score (nSPS) is 14.1. The molecule has 3 N–H and O–H groups in total. The minimum Gasteiger partial charge on any atom is -0.458 e. The molecule has 0 aliphatic carbocycles. The van der Waals surface area contributed by atoms with Gasteiger partial charge in [-0.15, -0.1) is 0 Å². The van der Waals surface area contributed by atoms with Crippen molar-refractivity contribution in [2.24, 2.45) is 0 Å². The van der Waals surface area contributed by atoms with Crippen molar-refractivity contribution in [1.82, 2.24) is 5.32 Å². The van der Waals surface area contributed by atoms with Gasteiger partial charge in [0, 0.05) is 6.42 Å². The number of hydrogen-bond acceptors (Lipinski definition) is 5. The molecular weight excluding hydrogens is 767 g/mol. The number of amides is 1. The molecule has 0 spiro atoms. The SMILES string of the molecule is CC/C=C/C/C=C/C/C=C/C/C=C/C/C=C/C(CC(=O)NC(CO)C(O)CCCCCCCCCCCCCCCCC)OC(=O)CCCCCC/C=C/C/C=C/C/C=C/CC. The largest absolute Gasteiger partial charge is 0.458 e. The molecule has 0 rings (SSSR count). The summed E-state index contributed by atoms with van der Waals surface area (Å²) in [6.45, 7) is 6.21. The summed E-state index contributed by atoms with van der Waals surface area (Å²) >= 11 is 0. The quantitative estimate of drug-likeness (QED) is 0.0322. The summed E-state index contributed by atoms with van der Waals surface area (Å²) in [4.78, 5) is 26.1. The van der Waals surface area contributed by atoms with E-state index in [0.29, 0.717) is 19.3 Å². The van der Waals surface area contributed by atoms with Crippen molar-refractivity contribution in [3.8, 4) is 0 Å². The molecule has 354 valence electrons. The number of aliphatic hydroxyl groups excluding tert-OH is 2. The average molecular weight is 862 g/mol. The lowest BCUT2D eigenvalue weighted by molar-refractivity contribution is -0.148. The van der Waals surface area contributed by atoms with Crippen molar-refractivity contribution in [1.29, 1.82) is 0 Å². The third kappa shape index (κ3) is 43.4. The van der Waals surface area contributed by atoms with Crippen molar-refractivity contribution >= 4 is 11.9 Å².